The van der Waals surface area contributed by atoms with E-state index in [4.69, 9.17) is 20.8 Å². The molecule has 3 rings (SSSR count). The number of amides is 1. The molecule has 1 aliphatic rings. The molecule has 0 atom stereocenters. The summed E-state index contributed by atoms with van der Waals surface area (Å²) >= 11 is 6.21. The third-order valence-corrected chi connectivity index (χ3v) is 4.97. The SMILES string of the molecule is COCC1(CNC(=O)c2ncoc2-c2ccccc2Cl)CCNCC1.Cl.Cl. The Balaban J connectivity index is 0.00000182. The standard InChI is InChI=1S/C18H22ClN3O3.2ClH/c1-24-11-18(6-8-20-9-7-18)10-21-17(23)15-16(25-12-22-15)13-4-2-3-5-14(13)19;;/h2-5,12,20H,6-11H2,1H3,(H,21,23);2*1H. The van der Waals surface area contributed by atoms with E-state index in [9.17, 15) is 4.79 Å². The molecule has 2 heterocycles. The third-order valence-electron chi connectivity index (χ3n) is 4.64. The van der Waals surface area contributed by atoms with Gasteiger partial charge < -0.3 is 19.8 Å². The van der Waals surface area contributed by atoms with Gasteiger partial charge in [0.05, 0.1) is 11.6 Å². The lowest BCUT2D eigenvalue weighted by atomic mass is 9.79. The second-order valence-corrected chi connectivity index (χ2v) is 6.78. The van der Waals surface area contributed by atoms with Crippen LogP contribution in [0.3, 0.4) is 0 Å². The van der Waals surface area contributed by atoms with Gasteiger partial charge in [-0.05, 0) is 38.1 Å². The summed E-state index contributed by atoms with van der Waals surface area (Å²) in [5, 5.41) is 6.85. The fraction of sp³-hybridized carbons (Fsp3) is 0.444. The first kappa shape index (κ1) is 23.7. The van der Waals surface area contributed by atoms with Gasteiger partial charge in [0.15, 0.2) is 17.8 Å². The number of piperidine rings is 1. The number of carbonyl (C=O) groups excluding carboxylic acids is 1. The van der Waals surface area contributed by atoms with E-state index in [1.54, 1.807) is 19.2 Å². The first-order chi connectivity index (χ1) is 12.2. The summed E-state index contributed by atoms with van der Waals surface area (Å²) in [5.41, 5.74) is 0.846. The summed E-state index contributed by atoms with van der Waals surface area (Å²) < 4.78 is 10.8. The lowest BCUT2D eigenvalue weighted by molar-refractivity contribution is 0.0511. The fourth-order valence-corrected chi connectivity index (χ4v) is 3.45. The van der Waals surface area contributed by atoms with Gasteiger partial charge in [-0.25, -0.2) is 4.98 Å². The maximum absolute atomic E-state index is 12.7. The molecule has 0 spiro atoms. The minimum absolute atomic E-state index is 0. The summed E-state index contributed by atoms with van der Waals surface area (Å²) in [6, 6.07) is 7.23. The van der Waals surface area contributed by atoms with Crippen molar-refractivity contribution in [2.45, 2.75) is 12.8 Å². The highest BCUT2D eigenvalue weighted by atomic mass is 35.5. The van der Waals surface area contributed by atoms with Gasteiger partial charge in [0.25, 0.3) is 5.91 Å². The molecule has 27 heavy (non-hydrogen) atoms. The number of hydrogen-bond donors (Lipinski definition) is 2. The van der Waals surface area contributed by atoms with Crippen LogP contribution in [0.25, 0.3) is 11.3 Å². The zero-order valence-corrected chi connectivity index (χ0v) is 17.4. The van der Waals surface area contributed by atoms with Gasteiger partial charge in [-0.3, -0.25) is 4.79 Å². The molecule has 0 bridgehead atoms. The molecule has 0 unspecified atom stereocenters. The van der Waals surface area contributed by atoms with Crippen LogP contribution in [0, 0.1) is 5.41 Å². The van der Waals surface area contributed by atoms with Crippen LogP contribution in [0.15, 0.2) is 35.1 Å². The van der Waals surface area contributed by atoms with Crippen LogP contribution in [-0.4, -0.2) is 44.2 Å². The minimum Gasteiger partial charge on any atom is -0.443 e. The van der Waals surface area contributed by atoms with E-state index in [2.05, 4.69) is 15.6 Å². The van der Waals surface area contributed by atoms with Crippen molar-refractivity contribution in [3.8, 4) is 11.3 Å². The molecule has 1 aliphatic heterocycles. The molecule has 0 saturated carbocycles. The molecule has 9 heteroatoms. The topological polar surface area (TPSA) is 76.4 Å². The van der Waals surface area contributed by atoms with Crippen LogP contribution in [0.1, 0.15) is 23.3 Å². The molecule has 6 nitrogen and oxygen atoms in total. The van der Waals surface area contributed by atoms with E-state index in [1.165, 1.54) is 6.39 Å². The van der Waals surface area contributed by atoms with Gasteiger partial charge >= 0.3 is 0 Å². The van der Waals surface area contributed by atoms with E-state index >= 15 is 0 Å². The Hall–Kier alpha value is -1.31. The summed E-state index contributed by atoms with van der Waals surface area (Å²) in [4.78, 5) is 16.8. The molecule has 1 fully saturated rings. The van der Waals surface area contributed by atoms with E-state index in [-0.39, 0.29) is 41.8 Å². The maximum atomic E-state index is 12.7. The number of aromatic nitrogens is 1. The summed E-state index contributed by atoms with van der Waals surface area (Å²) in [6.07, 6.45) is 3.18. The van der Waals surface area contributed by atoms with Crippen LogP contribution < -0.4 is 10.6 Å². The average molecular weight is 437 g/mol. The number of rotatable bonds is 6. The number of carbonyl (C=O) groups is 1. The first-order valence-corrected chi connectivity index (χ1v) is 8.69. The summed E-state index contributed by atoms with van der Waals surface area (Å²) in [5.74, 6) is 0.117. The molecule has 2 aromatic rings. The molecule has 0 aliphatic carbocycles. The Kier molecular flexibility index (Phi) is 9.56. The van der Waals surface area contributed by atoms with Crippen molar-refractivity contribution in [1.82, 2.24) is 15.6 Å². The van der Waals surface area contributed by atoms with Crippen LogP contribution in [-0.2, 0) is 4.74 Å². The number of methoxy groups -OCH3 is 1. The smallest absolute Gasteiger partial charge is 0.273 e. The minimum atomic E-state index is -0.266. The van der Waals surface area contributed by atoms with Gasteiger partial charge in [-0.15, -0.1) is 24.8 Å². The van der Waals surface area contributed by atoms with Crippen LogP contribution in [0.4, 0.5) is 0 Å². The largest absolute Gasteiger partial charge is 0.443 e. The highest BCUT2D eigenvalue weighted by Crippen LogP contribution is 2.31. The number of halogens is 3. The van der Waals surface area contributed by atoms with Gasteiger partial charge in [0.2, 0.25) is 0 Å². The van der Waals surface area contributed by atoms with Gasteiger partial charge in [-0.1, -0.05) is 23.7 Å². The van der Waals surface area contributed by atoms with Crippen molar-refractivity contribution in [2.75, 3.05) is 33.4 Å². The van der Waals surface area contributed by atoms with Gasteiger partial charge in [0, 0.05) is 24.6 Å². The highest BCUT2D eigenvalue weighted by Gasteiger charge is 2.33. The van der Waals surface area contributed by atoms with E-state index in [0.29, 0.717) is 29.5 Å². The monoisotopic (exact) mass is 435 g/mol. The Bertz CT molecular complexity index is 728. The van der Waals surface area contributed by atoms with E-state index in [1.807, 2.05) is 12.1 Å². The lowest BCUT2D eigenvalue weighted by Gasteiger charge is -2.37. The second-order valence-electron chi connectivity index (χ2n) is 6.38. The average Bonchev–Trinajstić information content (AvgIpc) is 3.11. The molecule has 1 amide bonds. The number of ether oxygens (including phenoxy) is 1. The second kappa shape index (κ2) is 10.9. The molecule has 1 saturated heterocycles. The maximum Gasteiger partial charge on any atom is 0.273 e. The molecular formula is C18H24Cl3N3O3. The Morgan fingerprint density at radius 2 is 2.04 bits per heavy atom. The van der Waals surface area contributed by atoms with Gasteiger partial charge in [-0.2, -0.15) is 0 Å². The molecule has 1 aromatic heterocycles. The third kappa shape index (κ3) is 5.59. The molecule has 0 radical (unpaired) electrons. The quantitative estimate of drug-likeness (QED) is 0.724. The van der Waals surface area contributed by atoms with Crippen LogP contribution in [0.2, 0.25) is 5.02 Å². The number of nitrogens with zero attached hydrogens (tertiary/aromatic N) is 1. The molecule has 2 N–H and O–H groups in total. The highest BCUT2D eigenvalue weighted by molar-refractivity contribution is 6.33. The molecule has 150 valence electrons. The molecule has 1 aromatic carbocycles. The van der Waals surface area contributed by atoms with Crippen molar-refractivity contribution in [1.29, 1.82) is 0 Å². The van der Waals surface area contributed by atoms with Crippen molar-refractivity contribution in [3.05, 3.63) is 41.4 Å². The van der Waals surface area contributed by atoms with Crippen molar-refractivity contribution in [3.63, 3.8) is 0 Å². The number of benzene rings is 1. The van der Waals surface area contributed by atoms with Gasteiger partial charge in [0.1, 0.15) is 0 Å². The first-order valence-electron chi connectivity index (χ1n) is 8.31. The van der Waals surface area contributed by atoms with Crippen LogP contribution in [0.5, 0.6) is 0 Å². The zero-order chi connectivity index (χ0) is 17.7. The predicted octanol–water partition coefficient (Wildman–Crippen LogP) is 3.58. The number of hydrogen-bond acceptors (Lipinski definition) is 5. The Morgan fingerprint density at radius 1 is 1.33 bits per heavy atom. The normalized spacial score (nSPS) is 15.3. The van der Waals surface area contributed by atoms with Crippen molar-refractivity contribution < 1.29 is 13.9 Å². The van der Waals surface area contributed by atoms with Crippen LogP contribution >= 0.6 is 36.4 Å². The van der Waals surface area contributed by atoms with E-state index < -0.39 is 0 Å². The van der Waals surface area contributed by atoms with Crippen molar-refractivity contribution in [2.24, 2.45) is 5.41 Å². The van der Waals surface area contributed by atoms with Crippen molar-refractivity contribution >= 4 is 42.3 Å². The lowest BCUT2D eigenvalue weighted by Crippen LogP contribution is -2.47. The summed E-state index contributed by atoms with van der Waals surface area (Å²) in [6.45, 7) is 3.00. The summed E-state index contributed by atoms with van der Waals surface area (Å²) in [7, 11) is 1.69. The molecular weight excluding hydrogens is 413 g/mol. The Labute approximate surface area is 176 Å². The fourth-order valence-electron chi connectivity index (χ4n) is 3.23. The number of oxazole rings is 1. The van der Waals surface area contributed by atoms with E-state index in [0.717, 1.165) is 25.9 Å². The number of nitrogens with one attached hydrogen (secondary N) is 2. The Morgan fingerprint density at radius 3 is 2.70 bits per heavy atom. The zero-order valence-electron chi connectivity index (χ0n) is 15.0. The predicted molar refractivity (Wildman–Crippen MR) is 110 cm³/mol.